The van der Waals surface area contributed by atoms with Crippen LogP contribution in [0.4, 0.5) is 0 Å². The molecule has 2 N–H and O–H groups in total. The molecular weight excluding hydrogens is 276 g/mol. The van der Waals surface area contributed by atoms with Gasteiger partial charge in [0.05, 0.1) is 5.25 Å². The van der Waals surface area contributed by atoms with Crippen molar-refractivity contribution in [2.75, 3.05) is 6.54 Å². The molecule has 0 amide bonds. The third-order valence-corrected chi connectivity index (χ3v) is 5.18. The number of nitrogens with zero attached hydrogens (tertiary/aromatic N) is 1. The number of fused-ring (bicyclic) bond motifs is 1. The number of oxazole rings is 1. The zero-order valence-corrected chi connectivity index (χ0v) is 12.1. The van der Waals surface area contributed by atoms with Crippen LogP contribution in [0.2, 0.25) is 0 Å². The average molecular weight is 290 g/mol. The van der Waals surface area contributed by atoms with Gasteiger partial charge in [0.2, 0.25) is 0 Å². The van der Waals surface area contributed by atoms with Crippen LogP contribution < -0.4 is 5.73 Å². The van der Waals surface area contributed by atoms with Crippen molar-refractivity contribution in [2.24, 2.45) is 5.73 Å². The van der Waals surface area contributed by atoms with E-state index in [1.165, 1.54) is 9.75 Å². The molecule has 3 aromatic rings. The number of aryl methyl sites for hydroxylation is 1. The van der Waals surface area contributed by atoms with Gasteiger partial charge in [-0.25, -0.2) is 4.98 Å². The molecule has 0 saturated heterocycles. The first-order chi connectivity index (χ1) is 9.26. The van der Waals surface area contributed by atoms with E-state index in [-0.39, 0.29) is 5.25 Å². The number of hydrogen-bond acceptors (Lipinski definition) is 5. The molecule has 2 heterocycles. The fraction of sp³-hybridized carbons (Fsp3) is 0.214. The van der Waals surface area contributed by atoms with E-state index in [9.17, 15) is 0 Å². The van der Waals surface area contributed by atoms with Gasteiger partial charge in [0.25, 0.3) is 5.22 Å². The summed E-state index contributed by atoms with van der Waals surface area (Å²) < 4.78 is 5.73. The Morgan fingerprint density at radius 2 is 2.16 bits per heavy atom. The van der Waals surface area contributed by atoms with Gasteiger partial charge in [-0.3, -0.25) is 0 Å². The molecule has 0 spiro atoms. The Kier molecular flexibility index (Phi) is 3.59. The van der Waals surface area contributed by atoms with Crippen LogP contribution in [0.3, 0.4) is 0 Å². The molecule has 2 aromatic heterocycles. The minimum Gasteiger partial charge on any atom is -0.431 e. The maximum atomic E-state index is 5.87. The molecule has 3 nitrogen and oxygen atoms in total. The number of para-hydroxylation sites is 2. The number of thioether (sulfide) groups is 1. The molecule has 1 aromatic carbocycles. The molecule has 3 rings (SSSR count). The SMILES string of the molecule is Cc1ccc(C(CN)Sc2nc3ccccc3o2)s1. The number of nitrogens with two attached hydrogens (primary N) is 1. The molecule has 19 heavy (non-hydrogen) atoms. The van der Waals surface area contributed by atoms with E-state index in [1.54, 1.807) is 23.1 Å². The summed E-state index contributed by atoms with van der Waals surface area (Å²) in [6, 6.07) is 12.0. The second-order valence-electron chi connectivity index (χ2n) is 4.24. The maximum Gasteiger partial charge on any atom is 0.257 e. The van der Waals surface area contributed by atoms with Crippen molar-refractivity contribution in [3.63, 3.8) is 0 Å². The third kappa shape index (κ3) is 2.68. The van der Waals surface area contributed by atoms with Crippen LogP contribution >= 0.6 is 23.1 Å². The first-order valence-electron chi connectivity index (χ1n) is 6.05. The summed E-state index contributed by atoms with van der Waals surface area (Å²) in [5, 5.41) is 0.884. The van der Waals surface area contributed by atoms with Gasteiger partial charge >= 0.3 is 0 Å². The fourth-order valence-corrected chi connectivity index (χ4v) is 3.86. The van der Waals surface area contributed by atoms with E-state index >= 15 is 0 Å². The minimum absolute atomic E-state index is 0.201. The van der Waals surface area contributed by atoms with Crippen molar-refractivity contribution in [2.45, 2.75) is 17.4 Å². The average Bonchev–Trinajstić information content (AvgIpc) is 3.01. The van der Waals surface area contributed by atoms with Crippen LogP contribution in [0.25, 0.3) is 11.1 Å². The smallest absolute Gasteiger partial charge is 0.257 e. The highest BCUT2D eigenvalue weighted by Gasteiger charge is 2.17. The summed E-state index contributed by atoms with van der Waals surface area (Å²) >= 11 is 3.36. The van der Waals surface area contributed by atoms with Crippen molar-refractivity contribution in [3.05, 3.63) is 46.2 Å². The van der Waals surface area contributed by atoms with Crippen molar-refractivity contribution < 1.29 is 4.42 Å². The molecule has 1 atom stereocenters. The normalized spacial score (nSPS) is 12.9. The largest absolute Gasteiger partial charge is 0.431 e. The summed E-state index contributed by atoms with van der Waals surface area (Å²) in [5.74, 6) is 0. The Bertz CT molecular complexity index is 656. The molecule has 0 aliphatic rings. The van der Waals surface area contributed by atoms with Crippen molar-refractivity contribution in [1.82, 2.24) is 4.98 Å². The second-order valence-corrected chi connectivity index (χ2v) is 6.71. The van der Waals surface area contributed by atoms with E-state index in [4.69, 9.17) is 10.2 Å². The minimum atomic E-state index is 0.201. The van der Waals surface area contributed by atoms with E-state index in [0.29, 0.717) is 11.8 Å². The van der Waals surface area contributed by atoms with Crippen molar-refractivity contribution in [3.8, 4) is 0 Å². The monoisotopic (exact) mass is 290 g/mol. The maximum absolute atomic E-state index is 5.87. The molecule has 5 heteroatoms. The van der Waals surface area contributed by atoms with Crippen molar-refractivity contribution >= 4 is 34.2 Å². The van der Waals surface area contributed by atoms with Gasteiger partial charge in [-0.05, 0) is 31.2 Å². The summed E-state index contributed by atoms with van der Waals surface area (Å²) in [6.45, 7) is 2.68. The summed E-state index contributed by atoms with van der Waals surface area (Å²) in [5.41, 5.74) is 7.59. The lowest BCUT2D eigenvalue weighted by atomic mass is 10.3. The van der Waals surface area contributed by atoms with Gasteiger partial charge in [0, 0.05) is 16.3 Å². The van der Waals surface area contributed by atoms with Crippen LogP contribution in [0.1, 0.15) is 15.0 Å². The first kappa shape index (κ1) is 12.7. The zero-order chi connectivity index (χ0) is 13.2. The number of benzene rings is 1. The summed E-state index contributed by atoms with van der Waals surface area (Å²) in [4.78, 5) is 7.05. The second kappa shape index (κ2) is 5.36. The Morgan fingerprint density at radius 3 is 2.84 bits per heavy atom. The predicted molar refractivity (Wildman–Crippen MR) is 80.7 cm³/mol. The van der Waals surface area contributed by atoms with E-state index in [1.807, 2.05) is 24.3 Å². The van der Waals surface area contributed by atoms with Crippen LogP contribution in [0.5, 0.6) is 0 Å². The Hall–Kier alpha value is -1.30. The van der Waals surface area contributed by atoms with Crippen LogP contribution in [0, 0.1) is 6.92 Å². The molecule has 0 bridgehead atoms. The third-order valence-electron chi connectivity index (χ3n) is 2.81. The van der Waals surface area contributed by atoms with Gasteiger partial charge in [-0.2, -0.15) is 0 Å². The molecule has 98 valence electrons. The highest BCUT2D eigenvalue weighted by molar-refractivity contribution is 7.99. The van der Waals surface area contributed by atoms with Crippen molar-refractivity contribution in [1.29, 1.82) is 0 Å². The molecule has 0 aliphatic carbocycles. The lowest BCUT2D eigenvalue weighted by Gasteiger charge is -2.09. The van der Waals surface area contributed by atoms with E-state index in [0.717, 1.165) is 11.1 Å². The molecule has 0 aliphatic heterocycles. The molecular formula is C14H14N2OS2. The van der Waals surface area contributed by atoms with Crippen LogP contribution in [0.15, 0.2) is 46.0 Å². The standard InChI is InChI=1S/C14H14N2OS2/c1-9-6-7-12(18-9)13(8-15)19-14-16-10-4-2-3-5-11(10)17-14/h2-7,13H,8,15H2,1H3. The lowest BCUT2D eigenvalue weighted by Crippen LogP contribution is -2.07. The first-order valence-corrected chi connectivity index (χ1v) is 7.74. The number of thiophene rings is 1. The Labute approximate surface area is 119 Å². The van der Waals surface area contributed by atoms with Gasteiger partial charge in [-0.1, -0.05) is 23.9 Å². The number of rotatable bonds is 4. The summed E-state index contributed by atoms with van der Waals surface area (Å²) in [7, 11) is 0. The topological polar surface area (TPSA) is 52.0 Å². The van der Waals surface area contributed by atoms with Gasteiger partial charge in [0.15, 0.2) is 5.58 Å². The van der Waals surface area contributed by atoms with Gasteiger partial charge < -0.3 is 10.2 Å². The molecule has 0 fully saturated rings. The van der Waals surface area contributed by atoms with Crippen LogP contribution in [-0.2, 0) is 0 Å². The fourth-order valence-electron chi connectivity index (χ4n) is 1.87. The predicted octanol–water partition coefficient (Wildman–Crippen LogP) is 3.99. The molecule has 0 radical (unpaired) electrons. The highest BCUT2D eigenvalue weighted by atomic mass is 32.2. The van der Waals surface area contributed by atoms with Crippen LogP contribution in [-0.4, -0.2) is 11.5 Å². The van der Waals surface area contributed by atoms with Gasteiger partial charge in [0.1, 0.15) is 5.52 Å². The molecule has 0 saturated carbocycles. The zero-order valence-electron chi connectivity index (χ0n) is 10.5. The van der Waals surface area contributed by atoms with Gasteiger partial charge in [-0.15, -0.1) is 11.3 Å². The van der Waals surface area contributed by atoms with E-state index in [2.05, 4.69) is 24.0 Å². The Morgan fingerprint density at radius 1 is 1.32 bits per heavy atom. The number of hydrogen-bond donors (Lipinski definition) is 1. The van der Waals surface area contributed by atoms with E-state index < -0.39 is 0 Å². The summed E-state index contributed by atoms with van der Waals surface area (Å²) in [6.07, 6.45) is 0. The molecule has 1 unspecified atom stereocenters. The quantitative estimate of drug-likeness (QED) is 0.738. The Balaban J connectivity index is 1.86. The lowest BCUT2D eigenvalue weighted by molar-refractivity contribution is 0.488. The highest BCUT2D eigenvalue weighted by Crippen LogP contribution is 2.38. The number of aromatic nitrogens is 1.